The van der Waals surface area contributed by atoms with Crippen molar-refractivity contribution in [2.75, 3.05) is 18.4 Å². The van der Waals surface area contributed by atoms with Gasteiger partial charge in [0.15, 0.2) is 0 Å². The Morgan fingerprint density at radius 1 is 1.32 bits per heavy atom. The van der Waals surface area contributed by atoms with Crippen LogP contribution in [-0.2, 0) is 11.3 Å². The van der Waals surface area contributed by atoms with Gasteiger partial charge in [-0.3, -0.25) is 4.79 Å². The van der Waals surface area contributed by atoms with Crippen molar-refractivity contribution in [3.05, 3.63) is 59.9 Å². The molecule has 2 radical (unpaired) electrons. The average molecular weight is 417 g/mol. The van der Waals surface area contributed by atoms with Gasteiger partial charge in [-0.1, -0.05) is 49.6 Å². The van der Waals surface area contributed by atoms with E-state index in [9.17, 15) is 9.59 Å². The lowest BCUT2D eigenvalue weighted by atomic mass is 9.87. The molecule has 8 nitrogen and oxygen atoms in total. The third-order valence-electron chi connectivity index (χ3n) is 5.65. The molecule has 0 aliphatic carbocycles. The molecule has 3 N–H and O–H groups in total. The van der Waals surface area contributed by atoms with E-state index in [4.69, 9.17) is 18.3 Å². The van der Waals surface area contributed by atoms with E-state index in [-0.39, 0.29) is 29.7 Å². The first-order chi connectivity index (χ1) is 14.7. The molecule has 1 saturated heterocycles. The number of nitrogens with two attached hydrogens (primary N) is 1. The van der Waals surface area contributed by atoms with Crippen molar-refractivity contribution in [3.63, 3.8) is 0 Å². The Hall–Kier alpha value is -3.49. The molecule has 3 heterocycles. The molecule has 0 bridgehead atoms. The number of amides is 2. The van der Waals surface area contributed by atoms with Crippen LogP contribution in [0.5, 0.6) is 0 Å². The van der Waals surface area contributed by atoms with E-state index in [2.05, 4.69) is 24.3 Å². The summed E-state index contributed by atoms with van der Waals surface area (Å²) >= 11 is 0. The SMILES string of the molecule is [B]c1cc2c(NC3CN(C(=O)OCc4ccccc4)CC3(C)C)c(C(N)=O)cnn2c1. The van der Waals surface area contributed by atoms with Gasteiger partial charge in [-0.15, -0.1) is 0 Å². The van der Waals surface area contributed by atoms with Gasteiger partial charge in [0.05, 0.1) is 29.0 Å². The van der Waals surface area contributed by atoms with Crippen molar-refractivity contribution in [1.82, 2.24) is 14.5 Å². The lowest BCUT2D eigenvalue weighted by Gasteiger charge is -2.27. The van der Waals surface area contributed by atoms with Crippen molar-refractivity contribution in [1.29, 1.82) is 0 Å². The van der Waals surface area contributed by atoms with Crippen molar-refractivity contribution in [3.8, 4) is 0 Å². The highest BCUT2D eigenvalue weighted by Crippen LogP contribution is 2.34. The smallest absolute Gasteiger partial charge is 0.410 e. The molecule has 4 rings (SSSR count). The molecule has 2 aromatic heterocycles. The summed E-state index contributed by atoms with van der Waals surface area (Å²) in [6.07, 6.45) is 2.71. The lowest BCUT2D eigenvalue weighted by Crippen LogP contribution is -2.36. The van der Waals surface area contributed by atoms with Crippen molar-refractivity contribution in [2.45, 2.75) is 26.5 Å². The van der Waals surface area contributed by atoms with Crippen LogP contribution in [0.3, 0.4) is 0 Å². The number of hydrogen-bond acceptors (Lipinski definition) is 5. The summed E-state index contributed by atoms with van der Waals surface area (Å²) in [7, 11) is 5.92. The number of primary amides is 1. The maximum absolute atomic E-state index is 12.7. The summed E-state index contributed by atoms with van der Waals surface area (Å²) in [6.45, 7) is 5.26. The van der Waals surface area contributed by atoms with Crippen molar-refractivity contribution in [2.24, 2.45) is 11.1 Å². The third-order valence-corrected chi connectivity index (χ3v) is 5.65. The standard InChI is InChI=1S/C22H24BN5O3/c1-22(2)13-27(21(30)31-12-14-6-4-3-5-7-14)11-18(22)26-19-16(20(24)29)9-25-28-10-15(23)8-17(19)28/h3-10,18,26H,11-13H2,1-2H3,(H2,24,29). The molecule has 9 heteroatoms. The van der Waals surface area contributed by atoms with Crippen LogP contribution < -0.4 is 16.5 Å². The second-order valence-electron chi connectivity index (χ2n) is 8.51. The normalized spacial score (nSPS) is 17.6. The van der Waals surface area contributed by atoms with E-state index in [1.165, 1.54) is 6.20 Å². The van der Waals surface area contributed by atoms with Crippen molar-refractivity contribution >= 4 is 36.5 Å². The number of carbonyl (C=O) groups is 2. The van der Waals surface area contributed by atoms with Gasteiger partial charge < -0.3 is 20.7 Å². The molecule has 1 atom stereocenters. The molecule has 0 spiro atoms. The second-order valence-corrected chi connectivity index (χ2v) is 8.51. The highest BCUT2D eigenvalue weighted by molar-refractivity contribution is 6.33. The van der Waals surface area contributed by atoms with Crippen LogP contribution >= 0.6 is 0 Å². The van der Waals surface area contributed by atoms with Gasteiger partial charge in [0.1, 0.15) is 14.5 Å². The average Bonchev–Trinajstić information content (AvgIpc) is 3.25. The number of anilines is 1. The number of hydrogen-bond donors (Lipinski definition) is 2. The zero-order valence-electron chi connectivity index (χ0n) is 17.5. The van der Waals surface area contributed by atoms with E-state index < -0.39 is 5.91 Å². The van der Waals surface area contributed by atoms with Crippen molar-refractivity contribution < 1.29 is 14.3 Å². The van der Waals surface area contributed by atoms with Gasteiger partial charge in [-0.05, 0) is 11.6 Å². The molecule has 3 aromatic rings. The quantitative estimate of drug-likeness (QED) is 0.616. The molecule has 2 amide bonds. The minimum Gasteiger partial charge on any atom is -0.445 e. The maximum Gasteiger partial charge on any atom is 0.410 e. The van der Waals surface area contributed by atoms with Gasteiger partial charge in [-0.2, -0.15) is 5.10 Å². The molecule has 158 valence electrons. The zero-order chi connectivity index (χ0) is 22.2. The highest BCUT2D eigenvalue weighted by atomic mass is 16.6. The number of carbonyl (C=O) groups excluding carboxylic acids is 2. The molecular weight excluding hydrogens is 393 g/mol. The van der Waals surface area contributed by atoms with E-state index in [1.54, 1.807) is 21.7 Å². The van der Waals surface area contributed by atoms with Gasteiger partial charge in [0.2, 0.25) is 0 Å². The molecule has 31 heavy (non-hydrogen) atoms. The lowest BCUT2D eigenvalue weighted by molar-refractivity contribution is 0.0996. The van der Waals surface area contributed by atoms with Crippen LogP contribution in [0.15, 0.2) is 48.8 Å². The summed E-state index contributed by atoms with van der Waals surface area (Å²) < 4.78 is 7.09. The number of likely N-dealkylation sites (tertiary alicyclic amines) is 1. The van der Waals surface area contributed by atoms with E-state index in [1.807, 2.05) is 30.3 Å². The Morgan fingerprint density at radius 3 is 2.77 bits per heavy atom. The molecule has 1 aromatic carbocycles. The van der Waals surface area contributed by atoms with Crippen LogP contribution in [0.25, 0.3) is 5.52 Å². The number of rotatable bonds is 5. The predicted octanol–water partition coefficient (Wildman–Crippen LogP) is 1.69. The first kappa shape index (κ1) is 20.8. The highest BCUT2D eigenvalue weighted by Gasteiger charge is 2.42. The number of aromatic nitrogens is 2. The van der Waals surface area contributed by atoms with Crippen LogP contribution in [0.1, 0.15) is 29.8 Å². The summed E-state index contributed by atoms with van der Waals surface area (Å²) in [6, 6.07) is 11.1. The van der Waals surface area contributed by atoms with Crippen LogP contribution in [-0.4, -0.2) is 53.5 Å². The third kappa shape index (κ3) is 4.21. The number of nitrogens with zero attached hydrogens (tertiary/aromatic N) is 3. The minimum absolute atomic E-state index is 0.141. The maximum atomic E-state index is 12.7. The summed E-state index contributed by atoms with van der Waals surface area (Å²) in [5.41, 5.74) is 8.23. The Bertz CT molecular complexity index is 1130. The van der Waals surface area contributed by atoms with Gasteiger partial charge in [0.25, 0.3) is 5.91 Å². The van der Waals surface area contributed by atoms with Crippen LogP contribution in [0.4, 0.5) is 10.5 Å². The molecule has 1 aliphatic heterocycles. The summed E-state index contributed by atoms with van der Waals surface area (Å²) in [4.78, 5) is 26.4. The monoisotopic (exact) mass is 417 g/mol. The number of benzene rings is 1. The fraction of sp³-hybridized carbons (Fsp3) is 0.318. The molecule has 1 fully saturated rings. The number of nitrogens with one attached hydrogen (secondary N) is 1. The number of ether oxygens (including phenoxy) is 1. The minimum atomic E-state index is -0.591. The molecule has 1 unspecified atom stereocenters. The molecule has 1 aliphatic rings. The summed E-state index contributed by atoms with van der Waals surface area (Å²) in [5, 5.41) is 7.63. The molecular formula is C22H24BN5O3. The largest absolute Gasteiger partial charge is 0.445 e. The topological polar surface area (TPSA) is 102 Å². The van der Waals surface area contributed by atoms with Gasteiger partial charge in [-0.25, -0.2) is 9.31 Å². The first-order valence-corrected chi connectivity index (χ1v) is 10.0. The Balaban J connectivity index is 1.53. The van der Waals surface area contributed by atoms with Gasteiger partial charge >= 0.3 is 6.09 Å². The second kappa shape index (κ2) is 7.98. The molecule has 0 saturated carbocycles. The van der Waals surface area contributed by atoms with Crippen LogP contribution in [0.2, 0.25) is 0 Å². The zero-order valence-corrected chi connectivity index (χ0v) is 17.5. The number of fused-ring (bicyclic) bond motifs is 1. The van der Waals surface area contributed by atoms with Crippen LogP contribution in [0, 0.1) is 5.41 Å². The van der Waals surface area contributed by atoms with Gasteiger partial charge in [0, 0.05) is 24.7 Å². The van der Waals surface area contributed by atoms with E-state index >= 15 is 0 Å². The Kier molecular flexibility index (Phi) is 5.35. The predicted molar refractivity (Wildman–Crippen MR) is 118 cm³/mol. The first-order valence-electron chi connectivity index (χ1n) is 10.0. The Morgan fingerprint density at radius 2 is 2.06 bits per heavy atom. The fourth-order valence-electron chi connectivity index (χ4n) is 3.91. The fourth-order valence-corrected chi connectivity index (χ4v) is 3.91. The Labute approximate surface area is 181 Å². The van der Waals surface area contributed by atoms with E-state index in [0.717, 1.165) is 5.56 Å². The van der Waals surface area contributed by atoms with E-state index in [0.29, 0.717) is 29.8 Å². The summed E-state index contributed by atoms with van der Waals surface area (Å²) in [5.74, 6) is -0.591.